The van der Waals surface area contributed by atoms with Crippen molar-refractivity contribution in [1.82, 2.24) is 5.32 Å². The van der Waals surface area contributed by atoms with Crippen molar-refractivity contribution in [2.75, 3.05) is 0 Å². The molecule has 5 rings (SSSR count). The van der Waals surface area contributed by atoms with E-state index >= 15 is 0 Å². The summed E-state index contributed by atoms with van der Waals surface area (Å²) in [5.41, 5.74) is 0.623. The number of hydrogen-bond acceptors (Lipinski definition) is 3. The highest BCUT2D eigenvalue weighted by molar-refractivity contribution is 5.52. The number of dihydropyridines is 1. The molecular formula is C31H26NO2. The predicted molar refractivity (Wildman–Crippen MR) is 135 cm³/mol. The van der Waals surface area contributed by atoms with Crippen LogP contribution in [0.5, 0.6) is 0 Å². The van der Waals surface area contributed by atoms with E-state index in [1.54, 1.807) is 0 Å². The van der Waals surface area contributed by atoms with Crippen molar-refractivity contribution in [3.63, 3.8) is 0 Å². The van der Waals surface area contributed by atoms with Gasteiger partial charge in [0.15, 0.2) is 5.60 Å². The van der Waals surface area contributed by atoms with Crippen LogP contribution >= 0.6 is 0 Å². The van der Waals surface area contributed by atoms with Crippen molar-refractivity contribution in [3.8, 4) is 0 Å². The third kappa shape index (κ3) is 3.75. The average Bonchev–Trinajstić information content (AvgIpc) is 2.94. The first-order chi connectivity index (χ1) is 16.6. The van der Waals surface area contributed by atoms with Crippen LogP contribution in [0.2, 0.25) is 0 Å². The minimum absolute atomic E-state index is 0.563. The Morgan fingerprint density at radius 2 is 0.824 bits per heavy atom. The number of rotatable bonds is 6. The quantitative estimate of drug-likeness (QED) is 0.372. The molecule has 0 aromatic heterocycles. The second-order valence-electron chi connectivity index (χ2n) is 8.36. The zero-order valence-electron chi connectivity index (χ0n) is 18.7. The summed E-state index contributed by atoms with van der Waals surface area (Å²) in [6, 6.07) is 38.9. The molecule has 3 nitrogen and oxygen atoms in total. The zero-order chi connectivity index (χ0) is 23.4. The van der Waals surface area contributed by atoms with Gasteiger partial charge in [0.2, 0.25) is 0 Å². The van der Waals surface area contributed by atoms with Gasteiger partial charge in [0, 0.05) is 0 Å². The molecular weight excluding hydrogens is 418 g/mol. The molecule has 34 heavy (non-hydrogen) atoms. The van der Waals surface area contributed by atoms with Gasteiger partial charge >= 0.3 is 0 Å². The van der Waals surface area contributed by atoms with Gasteiger partial charge < -0.3 is 15.5 Å². The fourth-order valence-electron chi connectivity index (χ4n) is 4.56. The highest BCUT2D eigenvalue weighted by Crippen LogP contribution is 2.43. The van der Waals surface area contributed by atoms with E-state index in [9.17, 15) is 10.2 Å². The summed E-state index contributed by atoms with van der Waals surface area (Å²) < 4.78 is 0. The molecule has 167 valence electrons. The molecule has 1 aliphatic heterocycles. The van der Waals surface area contributed by atoms with Crippen LogP contribution in [0.25, 0.3) is 0 Å². The Bertz CT molecular complexity index is 1200. The zero-order valence-corrected chi connectivity index (χ0v) is 18.7. The summed E-state index contributed by atoms with van der Waals surface area (Å²) in [6.07, 6.45) is 5.59. The normalized spacial score (nSPS) is 14.4. The number of aliphatic hydroxyl groups is 2. The third-order valence-electron chi connectivity index (χ3n) is 6.34. The molecule has 0 saturated heterocycles. The minimum Gasteiger partial charge on any atom is -0.377 e. The smallest absolute Gasteiger partial charge is 0.154 e. The topological polar surface area (TPSA) is 52.5 Å². The molecule has 1 radical (unpaired) electrons. The molecule has 4 aromatic carbocycles. The molecule has 1 aliphatic rings. The molecule has 0 saturated carbocycles. The van der Waals surface area contributed by atoms with Gasteiger partial charge in [-0.3, -0.25) is 0 Å². The molecule has 0 atom stereocenters. The van der Waals surface area contributed by atoms with Crippen molar-refractivity contribution in [3.05, 3.63) is 174 Å². The molecule has 1 heterocycles. The lowest BCUT2D eigenvalue weighted by Gasteiger charge is -2.41. The largest absolute Gasteiger partial charge is 0.377 e. The molecule has 3 N–H and O–H groups in total. The summed E-state index contributed by atoms with van der Waals surface area (Å²) in [7, 11) is 0. The monoisotopic (exact) mass is 444 g/mol. The Balaban J connectivity index is 1.62. The van der Waals surface area contributed by atoms with Gasteiger partial charge in [0.1, 0.15) is 11.6 Å². The van der Waals surface area contributed by atoms with Crippen LogP contribution in [-0.2, 0) is 11.2 Å². The van der Waals surface area contributed by atoms with Gasteiger partial charge in [-0.05, 0) is 28.3 Å². The Morgan fingerprint density at radius 1 is 0.471 bits per heavy atom. The number of allylic oxidation sites excluding steroid dienone is 2. The van der Waals surface area contributed by atoms with E-state index in [0.29, 0.717) is 11.7 Å². The Labute approximate surface area is 200 Å². The summed E-state index contributed by atoms with van der Waals surface area (Å²) >= 11 is 0. The minimum atomic E-state index is -1.44. The first kappa shape index (κ1) is 21.9. The van der Waals surface area contributed by atoms with E-state index in [-0.39, 0.29) is 0 Å². The van der Waals surface area contributed by atoms with Crippen molar-refractivity contribution in [2.24, 2.45) is 0 Å². The van der Waals surface area contributed by atoms with E-state index in [1.165, 1.54) is 0 Å². The van der Waals surface area contributed by atoms with Gasteiger partial charge in [-0.25, -0.2) is 0 Å². The Morgan fingerprint density at radius 3 is 1.21 bits per heavy atom. The van der Waals surface area contributed by atoms with Crippen molar-refractivity contribution < 1.29 is 10.2 Å². The van der Waals surface area contributed by atoms with Crippen molar-refractivity contribution in [2.45, 2.75) is 11.2 Å². The molecule has 0 spiro atoms. The molecule has 0 unspecified atom stereocenters. The van der Waals surface area contributed by atoms with Crippen LogP contribution in [-0.4, -0.2) is 10.2 Å². The lowest BCUT2D eigenvalue weighted by Crippen LogP contribution is -2.47. The van der Waals surface area contributed by atoms with E-state index in [1.807, 2.05) is 140 Å². The molecule has 3 heteroatoms. The molecule has 0 bridgehead atoms. The summed E-state index contributed by atoms with van der Waals surface area (Å²) in [4.78, 5) is 0. The fraction of sp³-hybridized carbons (Fsp3) is 0.0645. The van der Waals surface area contributed by atoms with Gasteiger partial charge in [-0.2, -0.15) is 0 Å². The maximum absolute atomic E-state index is 12.2. The predicted octanol–water partition coefficient (Wildman–Crippen LogP) is 5.43. The van der Waals surface area contributed by atoms with Crippen LogP contribution in [0, 0.1) is 6.04 Å². The van der Waals surface area contributed by atoms with Crippen LogP contribution < -0.4 is 5.32 Å². The standard InChI is InChI=1S/C31H26NO2/c33-30(24-14-5-1-6-15-24,25-16-7-2-8-17-25)28-22-13-23-29(32-28)31(34,26-18-9-3-10-19-26)27-20-11-4-12-21-27/h1-23,32-34H. The van der Waals surface area contributed by atoms with Gasteiger partial charge in [-0.1, -0.05) is 133 Å². The molecule has 0 fully saturated rings. The average molecular weight is 445 g/mol. The number of benzene rings is 4. The van der Waals surface area contributed by atoms with Crippen LogP contribution in [0.4, 0.5) is 0 Å². The van der Waals surface area contributed by atoms with Crippen molar-refractivity contribution >= 4 is 0 Å². The van der Waals surface area contributed by atoms with E-state index in [4.69, 9.17) is 0 Å². The van der Waals surface area contributed by atoms with Gasteiger partial charge in [0.05, 0.1) is 5.70 Å². The highest BCUT2D eigenvalue weighted by atomic mass is 16.3. The Hall–Kier alpha value is -3.92. The van der Waals surface area contributed by atoms with E-state index in [2.05, 4.69) is 5.32 Å². The van der Waals surface area contributed by atoms with Gasteiger partial charge in [-0.15, -0.1) is 0 Å². The molecule has 0 amide bonds. The summed E-state index contributed by atoms with van der Waals surface area (Å²) in [5.74, 6) is 0. The Kier molecular flexibility index (Phi) is 5.89. The van der Waals surface area contributed by atoms with Gasteiger partial charge in [0.25, 0.3) is 0 Å². The summed E-state index contributed by atoms with van der Waals surface area (Å²) in [5, 5.41) is 27.9. The lowest BCUT2D eigenvalue weighted by molar-refractivity contribution is 0.0799. The van der Waals surface area contributed by atoms with Crippen LogP contribution in [0.1, 0.15) is 22.3 Å². The second kappa shape index (κ2) is 9.14. The first-order valence-electron chi connectivity index (χ1n) is 11.3. The molecule has 0 aliphatic carbocycles. The third-order valence-corrected chi connectivity index (χ3v) is 6.34. The van der Waals surface area contributed by atoms with Crippen molar-refractivity contribution in [1.29, 1.82) is 0 Å². The van der Waals surface area contributed by atoms with Crippen LogP contribution in [0.3, 0.4) is 0 Å². The highest BCUT2D eigenvalue weighted by Gasteiger charge is 2.44. The van der Waals surface area contributed by atoms with Crippen LogP contribution in [0.15, 0.2) is 145 Å². The lowest BCUT2D eigenvalue weighted by atomic mass is 9.77. The number of hydrogen-bond donors (Lipinski definition) is 3. The van der Waals surface area contributed by atoms with E-state index < -0.39 is 11.2 Å². The maximum Gasteiger partial charge on any atom is 0.154 e. The number of nitrogens with one attached hydrogen (secondary N) is 1. The van der Waals surface area contributed by atoms with E-state index in [0.717, 1.165) is 22.3 Å². The SMILES string of the molecule is OC([C]1C=CC=C(C(O)(c2ccccc2)c2ccccc2)N1)(c1ccccc1)c1ccccc1. The molecule has 4 aromatic rings. The summed E-state index contributed by atoms with van der Waals surface area (Å²) in [6.45, 7) is 0. The maximum atomic E-state index is 12.2. The second-order valence-corrected chi connectivity index (χ2v) is 8.36. The first-order valence-corrected chi connectivity index (χ1v) is 11.3. The fourth-order valence-corrected chi connectivity index (χ4v) is 4.56.